The number of aliphatic hydroxyl groups excluding tert-OH is 1. The first kappa shape index (κ1) is 32.4. The molecule has 2 N–H and O–H groups in total. The Hall–Kier alpha value is -2.95. The van der Waals surface area contributed by atoms with Gasteiger partial charge in [0.05, 0.1) is 11.1 Å². The van der Waals surface area contributed by atoms with E-state index < -0.39 is 36.1 Å². The number of aliphatic hydroxyl groups is 1. The first-order chi connectivity index (χ1) is 20.8. The van der Waals surface area contributed by atoms with Crippen molar-refractivity contribution in [1.82, 2.24) is 10.2 Å². The quantitative estimate of drug-likeness (QED) is 0.197. The van der Waals surface area contributed by atoms with Gasteiger partial charge in [0.2, 0.25) is 0 Å². The summed E-state index contributed by atoms with van der Waals surface area (Å²) < 4.78 is 93.3. The van der Waals surface area contributed by atoms with Crippen LogP contribution in [0.5, 0.6) is 0 Å². The summed E-state index contributed by atoms with van der Waals surface area (Å²) in [6.45, 7) is 2.25. The smallest absolute Gasteiger partial charge is 0.378 e. The summed E-state index contributed by atoms with van der Waals surface area (Å²) in [5, 5.41) is 13.8. The van der Waals surface area contributed by atoms with E-state index in [1.54, 1.807) is 0 Å². The van der Waals surface area contributed by atoms with Crippen molar-refractivity contribution >= 4 is 0 Å². The van der Waals surface area contributed by atoms with Gasteiger partial charge < -0.3 is 10.0 Å². The highest BCUT2D eigenvalue weighted by Crippen LogP contribution is 2.42. The van der Waals surface area contributed by atoms with E-state index in [2.05, 4.69) is 10.2 Å². The maximum Gasteiger partial charge on any atom is 0.416 e. The minimum Gasteiger partial charge on any atom is -0.378 e. The molecule has 1 saturated heterocycles. The molecule has 1 atom stereocenters. The van der Waals surface area contributed by atoms with Crippen LogP contribution in [0, 0.1) is 5.82 Å². The fraction of sp³-hybridized carbons (Fsp3) is 0.471. The molecule has 1 heterocycles. The molecule has 0 radical (unpaired) electrons. The molecule has 0 spiro atoms. The Labute approximate surface area is 253 Å². The molecule has 238 valence electrons. The van der Waals surface area contributed by atoms with Crippen molar-refractivity contribution in [2.75, 3.05) is 19.6 Å². The number of nitrogens with zero attached hydrogens (tertiary/aromatic N) is 1. The number of hydrogen-bond donors (Lipinski definition) is 2. The fourth-order valence-corrected chi connectivity index (χ4v) is 6.96. The third-order valence-corrected chi connectivity index (χ3v) is 9.44. The van der Waals surface area contributed by atoms with Crippen LogP contribution >= 0.6 is 0 Å². The van der Waals surface area contributed by atoms with Crippen molar-refractivity contribution in [3.05, 3.63) is 106 Å². The van der Waals surface area contributed by atoms with Gasteiger partial charge in [-0.1, -0.05) is 42.5 Å². The molecule has 44 heavy (non-hydrogen) atoms. The van der Waals surface area contributed by atoms with Gasteiger partial charge in [0, 0.05) is 24.4 Å². The molecule has 1 saturated carbocycles. The van der Waals surface area contributed by atoms with Gasteiger partial charge in [0.15, 0.2) is 0 Å². The van der Waals surface area contributed by atoms with Crippen LogP contribution in [0.4, 0.5) is 30.7 Å². The van der Waals surface area contributed by atoms with Crippen LogP contribution in [0.2, 0.25) is 0 Å². The second-order valence-electron chi connectivity index (χ2n) is 12.3. The van der Waals surface area contributed by atoms with E-state index in [-0.39, 0.29) is 22.9 Å². The molecule has 3 aromatic carbocycles. The van der Waals surface area contributed by atoms with Gasteiger partial charge in [-0.25, -0.2) is 4.39 Å². The fourth-order valence-electron chi connectivity index (χ4n) is 6.96. The van der Waals surface area contributed by atoms with Crippen molar-refractivity contribution in [1.29, 1.82) is 0 Å². The van der Waals surface area contributed by atoms with Crippen molar-refractivity contribution in [2.45, 2.75) is 80.9 Å². The van der Waals surface area contributed by atoms with Crippen molar-refractivity contribution in [3.63, 3.8) is 0 Å². The Morgan fingerprint density at radius 3 is 1.91 bits per heavy atom. The number of rotatable bonds is 8. The number of nitrogens with one attached hydrogen (secondary N) is 1. The van der Waals surface area contributed by atoms with E-state index in [0.29, 0.717) is 30.6 Å². The van der Waals surface area contributed by atoms with Gasteiger partial charge in [-0.15, -0.1) is 0 Å². The first-order valence-corrected chi connectivity index (χ1v) is 15.1. The van der Waals surface area contributed by atoms with Gasteiger partial charge >= 0.3 is 12.4 Å². The molecule has 0 bridgehead atoms. The largest absolute Gasteiger partial charge is 0.416 e. The monoisotopic (exact) mass is 622 g/mol. The Kier molecular flexibility index (Phi) is 9.72. The van der Waals surface area contributed by atoms with Crippen LogP contribution < -0.4 is 5.32 Å². The van der Waals surface area contributed by atoms with Crippen LogP contribution in [0.3, 0.4) is 0 Å². The number of hydrogen-bond acceptors (Lipinski definition) is 3. The van der Waals surface area contributed by atoms with Crippen LogP contribution in [0.1, 0.15) is 72.3 Å². The summed E-state index contributed by atoms with van der Waals surface area (Å²) >= 11 is 0. The lowest BCUT2D eigenvalue weighted by Gasteiger charge is -2.46. The minimum absolute atomic E-state index is 0.0947. The van der Waals surface area contributed by atoms with E-state index in [1.807, 2.05) is 42.5 Å². The molecular formula is C34H37F7N2O. The third kappa shape index (κ3) is 7.82. The second-order valence-corrected chi connectivity index (χ2v) is 12.3. The third-order valence-electron chi connectivity index (χ3n) is 9.44. The molecule has 3 nitrogen and oxygen atoms in total. The van der Waals surface area contributed by atoms with Crippen LogP contribution in [-0.2, 0) is 24.2 Å². The number of piperidine rings is 1. The molecule has 1 aliphatic carbocycles. The van der Waals surface area contributed by atoms with E-state index in [4.69, 9.17) is 0 Å². The molecular weight excluding hydrogens is 585 g/mol. The zero-order valence-electron chi connectivity index (χ0n) is 24.3. The Bertz CT molecular complexity index is 1330. The molecule has 1 aliphatic heterocycles. The first-order valence-electron chi connectivity index (χ1n) is 15.1. The van der Waals surface area contributed by atoms with Gasteiger partial charge in [0.1, 0.15) is 12.0 Å². The van der Waals surface area contributed by atoms with Crippen LogP contribution in [0.15, 0.2) is 72.8 Å². The van der Waals surface area contributed by atoms with E-state index in [1.165, 1.54) is 17.7 Å². The summed E-state index contributed by atoms with van der Waals surface area (Å²) in [6.07, 6.45) is -6.11. The zero-order chi connectivity index (χ0) is 31.5. The lowest BCUT2D eigenvalue weighted by atomic mass is 9.67. The standard InChI is InChI=1S/C34H37F7N2O/c35-29-8-6-24(7-9-29)25-12-16-43(17-13-25)30-10-14-32(15-11-30,26-4-2-1-3-5-26)22-42-31(44)20-23-18-27(33(36,37)38)21-28(19-23)34(39,40)41/h1-9,18-19,21,25,30-31,42,44H,10-17,20,22H2/t30?,31-,32?/m0/s1. The van der Waals surface area contributed by atoms with Crippen molar-refractivity contribution in [3.8, 4) is 0 Å². The predicted molar refractivity (Wildman–Crippen MR) is 154 cm³/mol. The van der Waals surface area contributed by atoms with Crippen LogP contribution in [-0.4, -0.2) is 41.9 Å². The van der Waals surface area contributed by atoms with Crippen molar-refractivity contribution in [2.24, 2.45) is 0 Å². The average molecular weight is 623 g/mol. The van der Waals surface area contributed by atoms with Gasteiger partial charge in [-0.2, -0.15) is 26.3 Å². The molecule has 2 fully saturated rings. The molecule has 10 heteroatoms. The molecule has 0 unspecified atom stereocenters. The van der Waals surface area contributed by atoms with Crippen LogP contribution in [0.25, 0.3) is 0 Å². The van der Waals surface area contributed by atoms with E-state index in [0.717, 1.165) is 57.2 Å². The summed E-state index contributed by atoms with van der Waals surface area (Å²) in [5.41, 5.74) is -1.11. The number of benzene rings is 3. The molecule has 3 aromatic rings. The summed E-state index contributed by atoms with van der Waals surface area (Å²) in [7, 11) is 0. The maximum atomic E-state index is 13.3. The van der Waals surface area contributed by atoms with Gasteiger partial charge in [-0.05, 0) is 105 Å². The second kappa shape index (κ2) is 13.2. The van der Waals surface area contributed by atoms with E-state index >= 15 is 0 Å². The Balaban J connectivity index is 1.22. The molecule has 0 amide bonds. The Morgan fingerprint density at radius 1 is 0.795 bits per heavy atom. The van der Waals surface area contributed by atoms with E-state index in [9.17, 15) is 35.8 Å². The van der Waals surface area contributed by atoms with Gasteiger partial charge in [0.25, 0.3) is 0 Å². The number of alkyl halides is 6. The molecule has 5 rings (SSSR count). The average Bonchev–Trinajstić information content (AvgIpc) is 3.00. The lowest BCUT2D eigenvalue weighted by molar-refractivity contribution is -0.143. The SMILES string of the molecule is O[C@@H](Cc1cc(C(F)(F)F)cc(C(F)(F)F)c1)NCC1(c2ccccc2)CCC(N2CCC(c3ccc(F)cc3)CC2)CC1. The number of halogens is 7. The van der Waals surface area contributed by atoms with Gasteiger partial charge in [-0.3, -0.25) is 5.32 Å². The van der Waals surface area contributed by atoms with Crippen molar-refractivity contribution < 1.29 is 35.8 Å². The molecule has 0 aromatic heterocycles. The lowest BCUT2D eigenvalue weighted by Crippen LogP contribution is -2.49. The summed E-state index contributed by atoms with van der Waals surface area (Å²) in [6, 6.07) is 18.5. The Morgan fingerprint density at radius 2 is 1.36 bits per heavy atom. The molecule has 2 aliphatic rings. The maximum absolute atomic E-state index is 13.3. The highest BCUT2D eigenvalue weighted by Gasteiger charge is 2.40. The topological polar surface area (TPSA) is 35.5 Å². The highest BCUT2D eigenvalue weighted by atomic mass is 19.4. The summed E-state index contributed by atoms with van der Waals surface area (Å²) in [5.74, 6) is 0.178. The predicted octanol–water partition coefficient (Wildman–Crippen LogP) is 8.07. The summed E-state index contributed by atoms with van der Waals surface area (Å²) in [4.78, 5) is 2.53. The number of likely N-dealkylation sites (tertiary alicyclic amines) is 1. The minimum atomic E-state index is -4.94. The highest BCUT2D eigenvalue weighted by molar-refractivity contribution is 5.34. The normalized spacial score (nSPS) is 23.0. The zero-order valence-corrected chi connectivity index (χ0v) is 24.3.